The second-order valence-electron chi connectivity index (χ2n) is 6.43. The Kier molecular flexibility index (Phi) is 7.09. The lowest BCUT2D eigenvalue weighted by Gasteiger charge is -2.27. The first kappa shape index (κ1) is 17.9. The van der Waals surface area contributed by atoms with Crippen LogP contribution in [0.4, 0.5) is 14.5 Å². The van der Waals surface area contributed by atoms with Crippen molar-refractivity contribution in [2.75, 3.05) is 18.0 Å². The first-order chi connectivity index (χ1) is 9.86. The molecule has 0 amide bonds. The van der Waals surface area contributed by atoms with E-state index < -0.39 is 11.6 Å². The molecule has 21 heavy (non-hydrogen) atoms. The van der Waals surface area contributed by atoms with Crippen LogP contribution in [0.25, 0.3) is 0 Å². The van der Waals surface area contributed by atoms with Crippen molar-refractivity contribution in [2.45, 2.75) is 47.1 Å². The van der Waals surface area contributed by atoms with Crippen molar-refractivity contribution in [3.05, 3.63) is 29.3 Å². The Morgan fingerprint density at radius 1 is 0.952 bits per heavy atom. The van der Waals surface area contributed by atoms with Gasteiger partial charge in [-0.05, 0) is 30.7 Å². The van der Waals surface area contributed by atoms with Crippen molar-refractivity contribution in [1.29, 1.82) is 0 Å². The van der Waals surface area contributed by atoms with E-state index >= 15 is 0 Å². The van der Waals surface area contributed by atoms with Gasteiger partial charge in [0.15, 0.2) is 11.6 Å². The first-order valence-electron chi connectivity index (χ1n) is 7.78. The van der Waals surface area contributed by atoms with Gasteiger partial charge in [-0.15, -0.1) is 0 Å². The third-order valence-electron chi connectivity index (χ3n) is 3.66. The number of hydrogen-bond donors (Lipinski definition) is 1. The SMILES string of the molecule is CC(C)CCN(CCC(C)C)c1ccc(CN)c(F)c1F. The zero-order chi connectivity index (χ0) is 16.0. The lowest BCUT2D eigenvalue weighted by molar-refractivity contribution is 0.487. The number of nitrogens with two attached hydrogens (primary N) is 1. The standard InChI is InChI=1S/C17H28F2N2/c1-12(2)7-9-21(10-8-13(3)4)15-6-5-14(11-20)16(18)17(15)19/h5-6,12-13H,7-11,20H2,1-4H3. The lowest BCUT2D eigenvalue weighted by Crippen LogP contribution is -2.29. The summed E-state index contributed by atoms with van der Waals surface area (Å²) in [6.45, 7) is 10.0. The third kappa shape index (κ3) is 5.27. The average Bonchev–Trinajstić information content (AvgIpc) is 2.42. The molecule has 0 aliphatic heterocycles. The summed E-state index contributed by atoms with van der Waals surface area (Å²) >= 11 is 0. The molecule has 0 saturated heterocycles. The van der Waals surface area contributed by atoms with Gasteiger partial charge in [0.25, 0.3) is 0 Å². The zero-order valence-corrected chi connectivity index (χ0v) is 13.6. The Hall–Kier alpha value is -1.16. The van der Waals surface area contributed by atoms with E-state index in [0.717, 1.165) is 25.9 Å². The zero-order valence-electron chi connectivity index (χ0n) is 13.6. The maximum atomic E-state index is 14.3. The molecular weight excluding hydrogens is 270 g/mol. The second-order valence-corrected chi connectivity index (χ2v) is 6.43. The highest BCUT2D eigenvalue weighted by Gasteiger charge is 2.18. The Bertz CT molecular complexity index is 433. The highest BCUT2D eigenvalue weighted by atomic mass is 19.2. The molecule has 0 bridgehead atoms. The third-order valence-corrected chi connectivity index (χ3v) is 3.66. The highest BCUT2D eigenvalue weighted by molar-refractivity contribution is 5.50. The molecular formula is C17H28F2N2. The monoisotopic (exact) mass is 298 g/mol. The van der Waals surface area contributed by atoms with Crippen molar-refractivity contribution in [2.24, 2.45) is 17.6 Å². The van der Waals surface area contributed by atoms with Crippen LogP contribution in [0, 0.1) is 23.5 Å². The molecule has 0 heterocycles. The number of rotatable bonds is 8. The molecule has 2 nitrogen and oxygen atoms in total. The van der Waals surface area contributed by atoms with E-state index in [4.69, 9.17) is 5.73 Å². The molecule has 1 aromatic carbocycles. The predicted molar refractivity (Wildman–Crippen MR) is 85.4 cm³/mol. The minimum Gasteiger partial charge on any atom is -0.369 e. The van der Waals surface area contributed by atoms with E-state index in [9.17, 15) is 8.78 Å². The van der Waals surface area contributed by atoms with Crippen LogP contribution in [0.1, 0.15) is 46.1 Å². The summed E-state index contributed by atoms with van der Waals surface area (Å²) in [5.74, 6) is -0.523. The second kappa shape index (κ2) is 8.32. The van der Waals surface area contributed by atoms with Gasteiger partial charge in [0, 0.05) is 25.2 Å². The molecule has 0 spiro atoms. The van der Waals surface area contributed by atoms with Gasteiger partial charge in [-0.1, -0.05) is 33.8 Å². The Labute approximate surface area is 127 Å². The molecule has 0 fully saturated rings. The minimum atomic E-state index is -0.811. The van der Waals surface area contributed by atoms with Gasteiger partial charge in [0.05, 0.1) is 5.69 Å². The van der Waals surface area contributed by atoms with Gasteiger partial charge < -0.3 is 10.6 Å². The fraction of sp³-hybridized carbons (Fsp3) is 0.647. The Morgan fingerprint density at radius 2 is 1.48 bits per heavy atom. The number of benzene rings is 1. The molecule has 120 valence electrons. The van der Waals surface area contributed by atoms with Crippen molar-refractivity contribution < 1.29 is 8.78 Å². The van der Waals surface area contributed by atoms with E-state index in [1.54, 1.807) is 12.1 Å². The maximum absolute atomic E-state index is 14.3. The van der Waals surface area contributed by atoms with Crippen LogP contribution in [0.2, 0.25) is 0 Å². The predicted octanol–water partition coefficient (Wildman–Crippen LogP) is 4.32. The van der Waals surface area contributed by atoms with E-state index in [-0.39, 0.29) is 12.1 Å². The van der Waals surface area contributed by atoms with Crippen LogP contribution in [0.15, 0.2) is 12.1 Å². The summed E-state index contributed by atoms with van der Waals surface area (Å²) < 4.78 is 28.2. The molecule has 0 aromatic heterocycles. The normalized spacial score (nSPS) is 11.5. The molecule has 1 rings (SSSR count). The van der Waals surface area contributed by atoms with Gasteiger partial charge in [-0.3, -0.25) is 0 Å². The van der Waals surface area contributed by atoms with Crippen LogP contribution in [-0.4, -0.2) is 13.1 Å². The van der Waals surface area contributed by atoms with Gasteiger partial charge in [-0.2, -0.15) is 0 Å². The average molecular weight is 298 g/mol. The van der Waals surface area contributed by atoms with Crippen LogP contribution >= 0.6 is 0 Å². The van der Waals surface area contributed by atoms with E-state index in [1.165, 1.54) is 0 Å². The minimum absolute atomic E-state index is 0.0149. The first-order valence-corrected chi connectivity index (χ1v) is 7.78. The van der Waals surface area contributed by atoms with Crippen molar-refractivity contribution >= 4 is 5.69 Å². The Balaban J connectivity index is 2.98. The lowest BCUT2D eigenvalue weighted by atomic mass is 10.1. The summed E-state index contributed by atoms with van der Waals surface area (Å²) in [4.78, 5) is 1.96. The topological polar surface area (TPSA) is 29.3 Å². The van der Waals surface area contributed by atoms with E-state index in [0.29, 0.717) is 17.5 Å². The number of nitrogens with zero attached hydrogens (tertiary/aromatic N) is 1. The molecule has 1 aromatic rings. The molecule has 0 saturated carbocycles. The Morgan fingerprint density at radius 3 is 1.90 bits per heavy atom. The maximum Gasteiger partial charge on any atom is 0.182 e. The van der Waals surface area contributed by atoms with Crippen LogP contribution in [0.5, 0.6) is 0 Å². The van der Waals surface area contributed by atoms with Gasteiger partial charge in [0.1, 0.15) is 0 Å². The van der Waals surface area contributed by atoms with Gasteiger partial charge >= 0.3 is 0 Å². The van der Waals surface area contributed by atoms with Crippen molar-refractivity contribution in [3.63, 3.8) is 0 Å². The molecule has 0 atom stereocenters. The summed E-state index contributed by atoms with van der Waals surface area (Å²) in [7, 11) is 0. The number of anilines is 1. The van der Waals surface area contributed by atoms with Gasteiger partial charge in [0.2, 0.25) is 0 Å². The summed E-state index contributed by atoms with van der Waals surface area (Å²) in [5, 5.41) is 0. The van der Waals surface area contributed by atoms with E-state index in [1.807, 2.05) is 4.90 Å². The van der Waals surface area contributed by atoms with Crippen molar-refractivity contribution in [3.8, 4) is 0 Å². The molecule has 0 radical (unpaired) electrons. The van der Waals surface area contributed by atoms with Gasteiger partial charge in [-0.25, -0.2) is 8.78 Å². The number of hydrogen-bond acceptors (Lipinski definition) is 2. The summed E-state index contributed by atoms with van der Waals surface area (Å²) in [6, 6.07) is 3.24. The molecule has 4 heteroatoms. The van der Waals surface area contributed by atoms with Crippen molar-refractivity contribution in [1.82, 2.24) is 0 Å². The highest BCUT2D eigenvalue weighted by Crippen LogP contribution is 2.25. The largest absolute Gasteiger partial charge is 0.369 e. The molecule has 0 unspecified atom stereocenters. The fourth-order valence-corrected chi connectivity index (χ4v) is 2.16. The summed E-state index contributed by atoms with van der Waals surface area (Å²) in [5.41, 5.74) is 6.00. The molecule has 0 aliphatic rings. The fourth-order valence-electron chi connectivity index (χ4n) is 2.16. The van der Waals surface area contributed by atoms with Crippen LogP contribution in [0.3, 0.4) is 0 Å². The van der Waals surface area contributed by atoms with E-state index in [2.05, 4.69) is 27.7 Å². The summed E-state index contributed by atoms with van der Waals surface area (Å²) in [6.07, 6.45) is 1.91. The smallest absolute Gasteiger partial charge is 0.182 e. The van der Waals surface area contributed by atoms with Crippen LogP contribution < -0.4 is 10.6 Å². The quantitative estimate of drug-likeness (QED) is 0.774. The molecule has 2 N–H and O–H groups in total. The molecule has 0 aliphatic carbocycles. The van der Waals surface area contributed by atoms with Crippen LogP contribution in [-0.2, 0) is 6.54 Å². The number of halogens is 2.